The second kappa shape index (κ2) is 5.72. The molecule has 2 atom stereocenters. The average molecular weight is 297 g/mol. The Labute approximate surface area is 131 Å². The fourth-order valence-corrected chi connectivity index (χ4v) is 3.80. The highest BCUT2D eigenvalue weighted by molar-refractivity contribution is 5.74. The van der Waals surface area contributed by atoms with Gasteiger partial charge in [0.1, 0.15) is 5.82 Å². The van der Waals surface area contributed by atoms with Crippen LogP contribution in [0.15, 0.2) is 24.3 Å². The molecule has 0 unspecified atom stereocenters. The summed E-state index contributed by atoms with van der Waals surface area (Å²) in [6.07, 6.45) is 11.3. The molecule has 5 nitrogen and oxygen atoms in total. The maximum atomic E-state index is 5.96. The maximum Gasteiger partial charge on any atom is 0.222 e. The second-order valence-corrected chi connectivity index (χ2v) is 6.48. The number of allylic oxidation sites excluding steroid dienone is 4. The van der Waals surface area contributed by atoms with E-state index in [-0.39, 0.29) is 0 Å². The molecule has 1 aromatic rings. The summed E-state index contributed by atoms with van der Waals surface area (Å²) in [6.45, 7) is 3.24. The molecule has 4 rings (SSSR count). The van der Waals surface area contributed by atoms with Crippen molar-refractivity contribution in [2.45, 2.75) is 31.7 Å². The van der Waals surface area contributed by atoms with Gasteiger partial charge in [0.25, 0.3) is 0 Å². The van der Waals surface area contributed by atoms with E-state index < -0.39 is 0 Å². The van der Waals surface area contributed by atoms with E-state index in [0.717, 1.165) is 55.5 Å². The van der Waals surface area contributed by atoms with Crippen LogP contribution < -0.4 is 16.0 Å². The van der Waals surface area contributed by atoms with Crippen LogP contribution in [-0.2, 0) is 0 Å². The number of nitrogens with one attached hydrogen (secondary N) is 1. The minimum atomic E-state index is 0.371. The van der Waals surface area contributed by atoms with Crippen LogP contribution in [0.4, 0.5) is 11.8 Å². The Balaban J connectivity index is 1.61. The highest BCUT2D eigenvalue weighted by atomic mass is 15.3. The van der Waals surface area contributed by atoms with Crippen LogP contribution in [0.3, 0.4) is 0 Å². The van der Waals surface area contributed by atoms with Crippen molar-refractivity contribution in [3.8, 4) is 0 Å². The van der Waals surface area contributed by atoms with E-state index in [1.807, 2.05) is 0 Å². The van der Waals surface area contributed by atoms with Crippen molar-refractivity contribution < 1.29 is 0 Å². The van der Waals surface area contributed by atoms with Crippen molar-refractivity contribution in [2.24, 2.45) is 5.92 Å². The molecule has 3 heterocycles. The third-order valence-corrected chi connectivity index (χ3v) is 4.94. The van der Waals surface area contributed by atoms with E-state index in [1.165, 1.54) is 12.8 Å². The van der Waals surface area contributed by atoms with Gasteiger partial charge in [0.05, 0.1) is 5.69 Å². The SMILES string of the molecule is Nc1nc(C2=CCCC=C2)cc(N2C[C@H]3CCCN[C@H]3C2)n1. The molecule has 1 aliphatic carbocycles. The standard InChI is InChI=1S/C17H23N5/c18-17-20-14(12-5-2-1-3-6-12)9-16(21-17)22-10-13-7-4-8-19-15(13)11-22/h2,5-6,9,13,15,19H,1,3-4,7-8,10-11H2,(H2,18,20,21)/t13-,15+/m1/s1. The number of fused-ring (bicyclic) bond motifs is 1. The molecule has 5 heteroatoms. The molecule has 1 aromatic heterocycles. The first kappa shape index (κ1) is 13.8. The number of nitrogens with zero attached hydrogens (tertiary/aromatic N) is 3. The second-order valence-electron chi connectivity index (χ2n) is 6.48. The van der Waals surface area contributed by atoms with Gasteiger partial charge in [-0.25, -0.2) is 4.98 Å². The number of anilines is 2. The zero-order valence-electron chi connectivity index (χ0n) is 12.8. The number of rotatable bonds is 2. The summed E-state index contributed by atoms with van der Waals surface area (Å²) < 4.78 is 0. The predicted molar refractivity (Wildman–Crippen MR) is 89.5 cm³/mol. The predicted octanol–water partition coefficient (Wildman–Crippen LogP) is 1.98. The molecule has 2 fully saturated rings. The molecule has 22 heavy (non-hydrogen) atoms. The number of piperidine rings is 1. The smallest absolute Gasteiger partial charge is 0.222 e. The van der Waals surface area contributed by atoms with Gasteiger partial charge < -0.3 is 16.0 Å². The third-order valence-electron chi connectivity index (χ3n) is 4.94. The molecule has 3 aliphatic rings. The molecular weight excluding hydrogens is 274 g/mol. The van der Waals surface area contributed by atoms with Gasteiger partial charge in [0.2, 0.25) is 5.95 Å². The fourth-order valence-electron chi connectivity index (χ4n) is 3.80. The Bertz CT molecular complexity index is 607. The van der Waals surface area contributed by atoms with Crippen LogP contribution in [0.1, 0.15) is 31.4 Å². The summed E-state index contributed by atoms with van der Waals surface area (Å²) in [5.41, 5.74) is 8.07. The Morgan fingerprint density at radius 1 is 1.23 bits per heavy atom. The van der Waals surface area contributed by atoms with Gasteiger partial charge in [-0.3, -0.25) is 0 Å². The van der Waals surface area contributed by atoms with E-state index >= 15 is 0 Å². The van der Waals surface area contributed by atoms with E-state index in [2.05, 4.69) is 44.5 Å². The first-order chi connectivity index (χ1) is 10.8. The lowest BCUT2D eigenvalue weighted by Crippen LogP contribution is -2.40. The van der Waals surface area contributed by atoms with Crippen molar-refractivity contribution in [3.63, 3.8) is 0 Å². The van der Waals surface area contributed by atoms with Gasteiger partial charge in [-0.2, -0.15) is 4.98 Å². The highest BCUT2D eigenvalue weighted by Gasteiger charge is 2.35. The van der Waals surface area contributed by atoms with Crippen LogP contribution in [0.2, 0.25) is 0 Å². The lowest BCUT2D eigenvalue weighted by Gasteiger charge is -2.24. The minimum absolute atomic E-state index is 0.371. The van der Waals surface area contributed by atoms with E-state index in [9.17, 15) is 0 Å². The quantitative estimate of drug-likeness (QED) is 0.874. The van der Waals surface area contributed by atoms with Crippen LogP contribution in [-0.4, -0.2) is 35.6 Å². The number of hydrogen-bond donors (Lipinski definition) is 2. The highest BCUT2D eigenvalue weighted by Crippen LogP contribution is 2.30. The molecule has 116 valence electrons. The molecular formula is C17H23N5. The number of aromatic nitrogens is 2. The molecule has 3 N–H and O–H groups in total. The Morgan fingerprint density at radius 2 is 2.18 bits per heavy atom. The molecule has 0 bridgehead atoms. The summed E-state index contributed by atoms with van der Waals surface area (Å²) >= 11 is 0. The maximum absolute atomic E-state index is 5.96. The van der Waals surface area contributed by atoms with Crippen LogP contribution >= 0.6 is 0 Å². The minimum Gasteiger partial charge on any atom is -0.368 e. The van der Waals surface area contributed by atoms with Crippen molar-refractivity contribution in [1.29, 1.82) is 0 Å². The Morgan fingerprint density at radius 3 is 3.00 bits per heavy atom. The fraction of sp³-hybridized carbons (Fsp3) is 0.529. The summed E-state index contributed by atoms with van der Waals surface area (Å²) in [4.78, 5) is 11.3. The van der Waals surface area contributed by atoms with E-state index in [1.54, 1.807) is 0 Å². The molecule has 0 radical (unpaired) electrons. The van der Waals surface area contributed by atoms with Crippen molar-refractivity contribution in [3.05, 3.63) is 30.0 Å². The van der Waals surface area contributed by atoms with Gasteiger partial charge in [0.15, 0.2) is 0 Å². The summed E-state index contributed by atoms with van der Waals surface area (Å²) in [7, 11) is 0. The van der Waals surface area contributed by atoms with Crippen LogP contribution in [0.25, 0.3) is 5.57 Å². The third kappa shape index (κ3) is 2.61. The summed E-state index contributed by atoms with van der Waals surface area (Å²) in [6, 6.07) is 2.69. The van der Waals surface area contributed by atoms with Crippen LogP contribution in [0.5, 0.6) is 0 Å². The topological polar surface area (TPSA) is 67.1 Å². The molecule has 0 saturated carbocycles. The van der Waals surface area contributed by atoms with E-state index in [4.69, 9.17) is 5.73 Å². The summed E-state index contributed by atoms with van der Waals surface area (Å²) in [5, 5.41) is 3.63. The van der Waals surface area contributed by atoms with Crippen molar-refractivity contribution in [1.82, 2.24) is 15.3 Å². The number of nitrogens with two attached hydrogens (primary N) is 1. The summed E-state index contributed by atoms with van der Waals surface area (Å²) in [5.74, 6) is 2.08. The van der Waals surface area contributed by atoms with E-state index in [0.29, 0.717) is 12.0 Å². The monoisotopic (exact) mass is 297 g/mol. The molecule has 0 aromatic carbocycles. The number of nitrogen functional groups attached to an aromatic ring is 1. The van der Waals surface area contributed by atoms with Crippen LogP contribution in [0, 0.1) is 5.92 Å². The van der Waals surface area contributed by atoms with Gasteiger partial charge in [-0.05, 0) is 43.7 Å². The molecule has 0 spiro atoms. The van der Waals surface area contributed by atoms with Gasteiger partial charge in [-0.1, -0.05) is 18.2 Å². The van der Waals surface area contributed by atoms with Gasteiger partial charge in [-0.15, -0.1) is 0 Å². The average Bonchev–Trinajstić information content (AvgIpc) is 2.99. The van der Waals surface area contributed by atoms with Crippen molar-refractivity contribution in [2.75, 3.05) is 30.3 Å². The van der Waals surface area contributed by atoms with Crippen molar-refractivity contribution >= 4 is 17.3 Å². The first-order valence-electron chi connectivity index (χ1n) is 8.29. The zero-order chi connectivity index (χ0) is 14.9. The normalized spacial score (nSPS) is 27.6. The number of hydrogen-bond acceptors (Lipinski definition) is 5. The Hall–Kier alpha value is -1.88. The zero-order valence-corrected chi connectivity index (χ0v) is 12.8. The largest absolute Gasteiger partial charge is 0.368 e. The van der Waals surface area contributed by atoms with Gasteiger partial charge in [0, 0.05) is 25.2 Å². The first-order valence-corrected chi connectivity index (χ1v) is 8.29. The molecule has 2 aliphatic heterocycles. The molecule has 0 amide bonds. The lowest BCUT2D eigenvalue weighted by molar-refractivity contribution is 0.340. The Kier molecular flexibility index (Phi) is 3.58. The molecule has 2 saturated heterocycles. The lowest BCUT2D eigenvalue weighted by atomic mass is 9.94. The van der Waals surface area contributed by atoms with Gasteiger partial charge >= 0.3 is 0 Å².